The van der Waals surface area contributed by atoms with Crippen molar-refractivity contribution >= 4 is 11.6 Å². The summed E-state index contributed by atoms with van der Waals surface area (Å²) in [6, 6.07) is 0. The van der Waals surface area contributed by atoms with Crippen molar-refractivity contribution in [3.8, 4) is 0 Å². The van der Waals surface area contributed by atoms with Gasteiger partial charge in [-0.25, -0.2) is 0 Å². The summed E-state index contributed by atoms with van der Waals surface area (Å²) >= 11 is 6.44. The molecule has 0 bridgehead atoms. The summed E-state index contributed by atoms with van der Waals surface area (Å²) in [6.45, 7) is 6.42. The predicted molar refractivity (Wildman–Crippen MR) is 85.3 cm³/mol. The van der Waals surface area contributed by atoms with Gasteiger partial charge in [0.05, 0.1) is 16.9 Å². The van der Waals surface area contributed by atoms with E-state index >= 15 is 0 Å². The molecule has 2 rings (SSSR count). The first-order chi connectivity index (χ1) is 9.71. The Kier molecular flexibility index (Phi) is 5.91. The fraction of sp³-hybridized carbons (Fsp3) is 0.812. The normalized spacial score (nSPS) is 26.9. The second-order valence-electron chi connectivity index (χ2n) is 6.09. The molecule has 0 spiro atoms. The molecule has 4 heteroatoms. The van der Waals surface area contributed by atoms with Crippen LogP contribution in [0.4, 0.5) is 0 Å². The highest BCUT2D eigenvalue weighted by molar-refractivity contribution is 6.31. The first kappa shape index (κ1) is 15.8. The van der Waals surface area contributed by atoms with Gasteiger partial charge in [0.25, 0.3) is 0 Å². The lowest BCUT2D eigenvalue weighted by Crippen LogP contribution is -2.32. The van der Waals surface area contributed by atoms with Crippen molar-refractivity contribution in [1.29, 1.82) is 0 Å². The smallest absolute Gasteiger partial charge is 0.0820 e. The van der Waals surface area contributed by atoms with Crippen LogP contribution < -0.4 is 5.32 Å². The maximum Gasteiger partial charge on any atom is 0.0820 e. The molecular formula is C16H28ClN3. The molecular weight excluding hydrogens is 270 g/mol. The summed E-state index contributed by atoms with van der Waals surface area (Å²) in [5.41, 5.74) is 1.27. The van der Waals surface area contributed by atoms with E-state index in [1.807, 2.05) is 13.2 Å². The van der Waals surface area contributed by atoms with Gasteiger partial charge >= 0.3 is 0 Å². The third-order valence-electron chi connectivity index (χ3n) is 4.75. The summed E-state index contributed by atoms with van der Waals surface area (Å²) in [7, 11) is 2.05. The number of hydrogen-bond donors (Lipinski definition) is 1. The average molecular weight is 298 g/mol. The van der Waals surface area contributed by atoms with Crippen LogP contribution in [0.3, 0.4) is 0 Å². The molecule has 1 N–H and O–H groups in total. The molecule has 1 aromatic heterocycles. The number of nitrogens with one attached hydrogen (secondary N) is 1. The molecule has 1 aromatic rings. The van der Waals surface area contributed by atoms with Crippen molar-refractivity contribution in [3.63, 3.8) is 0 Å². The molecule has 1 saturated carbocycles. The zero-order chi connectivity index (χ0) is 14.5. The van der Waals surface area contributed by atoms with Gasteiger partial charge in [0.15, 0.2) is 0 Å². The number of halogens is 1. The van der Waals surface area contributed by atoms with Crippen LogP contribution in [0, 0.1) is 11.8 Å². The summed E-state index contributed by atoms with van der Waals surface area (Å²) in [5.74, 6) is 2.10. The summed E-state index contributed by atoms with van der Waals surface area (Å²) < 4.78 is 2.10. The van der Waals surface area contributed by atoms with E-state index in [1.165, 1.54) is 37.8 Å². The van der Waals surface area contributed by atoms with E-state index in [4.69, 9.17) is 11.6 Å². The molecule has 1 aliphatic rings. The second-order valence-corrected chi connectivity index (χ2v) is 6.49. The number of nitrogens with zero attached hydrogens (tertiary/aromatic N) is 2. The SMILES string of the molecule is CCCC1CCC(CNC)C(c2c(Cl)cnn2CC)C1. The summed E-state index contributed by atoms with van der Waals surface area (Å²) in [4.78, 5) is 0. The van der Waals surface area contributed by atoms with Crippen molar-refractivity contribution in [2.75, 3.05) is 13.6 Å². The molecule has 1 aliphatic carbocycles. The minimum atomic E-state index is 0.558. The van der Waals surface area contributed by atoms with Crippen LogP contribution >= 0.6 is 11.6 Å². The molecule has 0 saturated heterocycles. The van der Waals surface area contributed by atoms with E-state index in [9.17, 15) is 0 Å². The molecule has 3 nitrogen and oxygen atoms in total. The first-order valence-electron chi connectivity index (χ1n) is 8.06. The van der Waals surface area contributed by atoms with Crippen molar-refractivity contribution in [1.82, 2.24) is 15.1 Å². The number of rotatable bonds is 6. The molecule has 1 fully saturated rings. The first-order valence-corrected chi connectivity index (χ1v) is 8.44. The fourth-order valence-corrected chi connectivity index (χ4v) is 4.11. The molecule has 0 aliphatic heterocycles. The van der Waals surface area contributed by atoms with Crippen LogP contribution in [-0.2, 0) is 6.54 Å². The van der Waals surface area contributed by atoms with Gasteiger partial charge in [-0.15, -0.1) is 0 Å². The Morgan fingerprint density at radius 3 is 2.85 bits per heavy atom. The van der Waals surface area contributed by atoms with E-state index < -0.39 is 0 Å². The Hall–Kier alpha value is -0.540. The van der Waals surface area contributed by atoms with Gasteiger partial charge in [-0.2, -0.15) is 5.10 Å². The molecule has 1 heterocycles. The average Bonchev–Trinajstić information content (AvgIpc) is 2.82. The Morgan fingerprint density at radius 1 is 1.40 bits per heavy atom. The lowest BCUT2D eigenvalue weighted by Gasteiger charge is -2.36. The van der Waals surface area contributed by atoms with Gasteiger partial charge in [0, 0.05) is 12.5 Å². The van der Waals surface area contributed by atoms with Crippen LogP contribution in [0.2, 0.25) is 5.02 Å². The Bertz CT molecular complexity index is 416. The van der Waals surface area contributed by atoms with Crippen molar-refractivity contribution in [2.45, 2.75) is 58.4 Å². The molecule has 114 valence electrons. The quantitative estimate of drug-likeness (QED) is 0.857. The van der Waals surface area contributed by atoms with Crippen LogP contribution in [0.15, 0.2) is 6.20 Å². The van der Waals surface area contributed by atoms with E-state index in [-0.39, 0.29) is 0 Å². The highest BCUT2D eigenvalue weighted by Gasteiger charge is 2.34. The second kappa shape index (κ2) is 7.46. The lowest BCUT2D eigenvalue weighted by atomic mass is 9.71. The Balaban J connectivity index is 2.23. The van der Waals surface area contributed by atoms with Crippen LogP contribution in [-0.4, -0.2) is 23.4 Å². The standard InChI is InChI=1S/C16H28ClN3/c1-4-6-12-7-8-13(10-18-3)14(9-12)16-15(17)11-19-20(16)5-2/h11-14,18H,4-10H2,1-3H3. The maximum atomic E-state index is 6.44. The molecule has 3 unspecified atom stereocenters. The van der Waals surface area contributed by atoms with Gasteiger partial charge in [0.1, 0.15) is 0 Å². The molecule has 0 amide bonds. The van der Waals surface area contributed by atoms with E-state index in [0.717, 1.165) is 24.0 Å². The third-order valence-corrected chi connectivity index (χ3v) is 5.04. The highest BCUT2D eigenvalue weighted by Crippen LogP contribution is 2.43. The van der Waals surface area contributed by atoms with Gasteiger partial charge in [-0.3, -0.25) is 4.68 Å². The molecule has 20 heavy (non-hydrogen) atoms. The van der Waals surface area contributed by atoms with E-state index in [0.29, 0.717) is 11.8 Å². The summed E-state index contributed by atoms with van der Waals surface area (Å²) in [6.07, 6.45) is 8.40. The van der Waals surface area contributed by atoms with Gasteiger partial charge in [-0.1, -0.05) is 37.8 Å². The number of aromatic nitrogens is 2. The predicted octanol–water partition coefficient (Wildman–Crippen LogP) is 4.08. The van der Waals surface area contributed by atoms with Crippen LogP contribution in [0.1, 0.15) is 57.6 Å². The van der Waals surface area contributed by atoms with Crippen molar-refractivity contribution < 1.29 is 0 Å². The third kappa shape index (κ3) is 3.37. The van der Waals surface area contributed by atoms with Crippen LogP contribution in [0.25, 0.3) is 0 Å². The maximum absolute atomic E-state index is 6.44. The zero-order valence-corrected chi connectivity index (χ0v) is 13.8. The Labute approximate surface area is 128 Å². The largest absolute Gasteiger partial charge is 0.319 e. The van der Waals surface area contributed by atoms with Gasteiger partial charge < -0.3 is 5.32 Å². The lowest BCUT2D eigenvalue weighted by molar-refractivity contribution is 0.215. The number of aryl methyl sites for hydroxylation is 1. The zero-order valence-electron chi connectivity index (χ0n) is 13.0. The topological polar surface area (TPSA) is 29.9 Å². The minimum Gasteiger partial charge on any atom is -0.319 e. The van der Waals surface area contributed by atoms with E-state index in [1.54, 1.807) is 0 Å². The Morgan fingerprint density at radius 2 is 2.20 bits per heavy atom. The van der Waals surface area contributed by atoms with Gasteiger partial charge in [-0.05, 0) is 45.2 Å². The van der Waals surface area contributed by atoms with Gasteiger partial charge in [0.2, 0.25) is 0 Å². The highest BCUT2D eigenvalue weighted by atomic mass is 35.5. The minimum absolute atomic E-state index is 0.558. The van der Waals surface area contributed by atoms with Crippen LogP contribution in [0.5, 0.6) is 0 Å². The molecule has 0 aromatic carbocycles. The summed E-state index contributed by atoms with van der Waals surface area (Å²) in [5, 5.41) is 8.66. The fourth-order valence-electron chi connectivity index (χ4n) is 3.82. The molecule has 0 radical (unpaired) electrons. The number of hydrogen-bond acceptors (Lipinski definition) is 2. The van der Waals surface area contributed by atoms with E-state index in [2.05, 4.69) is 28.9 Å². The molecule has 3 atom stereocenters. The monoisotopic (exact) mass is 297 g/mol. The van der Waals surface area contributed by atoms with Crippen molar-refractivity contribution in [3.05, 3.63) is 16.9 Å². The van der Waals surface area contributed by atoms with Crippen molar-refractivity contribution in [2.24, 2.45) is 11.8 Å².